The maximum Gasteiger partial charge on any atom is 0.407 e. The van der Waals surface area contributed by atoms with Crippen LogP contribution in [0.2, 0.25) is 0 Å². The molecule has 0 saturated carbocycles. The first-order valence-electron chi connectivity index (χ1n) is 9.15. The van der Waals surface area contributed by atoms with Crippen molar-refractivity contribution < 1.29 is 19.1 Å². The molecule has 1 atom stereocenters. The minimum atomic E-state index is -0.413. The fourth-order valence-electron chi connectivity index (χ4n) is 2.84. The van der Waals surface area contributed by atoms with Crippen LogP contribution in [0.4, 0.5) is 9.59 Å². The Morgan fingerprint density at radius 3 is 2.57 bits per heavy atom. The van der Waals surface area contributed by atoms with Gasteiger partial charge in [0.05, 0.1) is 5.25 Å². The van der Waals surface area contributed by atoms with Gasteiger partial charge in [0.2, 0.25) is 5.91 Å². The zero-order chi connectivity index (χ0) is 19.9. The number of amides is 3. The minimum Gasteiger partial charge on any atom is -0.445 e. The monoisotopic (exact) mass is 398 g/mol. The highest BCUT2D eigenvalue weighted by atomic mass is 32.2. The predicted molar refractivity (Wildman–Crippen MR) is 109 cm³/mol. The summed E-state index contributed by atoms with van der Waals surface area (Å²) in [5.41, 5.74) is 3.95. The fourth-order valence-corrected chi connectivity index (χ4v) is 3.70. The number of benzene rings is 2. The largest absolute Gasteiger partial charge is 0.445 e. The second-order valence-electron chi connectivity index (χ2n) is 6.49. The highest BCUT2D eigenvalue weighted by Crippen LogP contribution is 2.25. The Labute approximate surface area is 168 Å². The molecule has 6 nitrogen and oxygen atoms in total. The SMILES string of the molecule is CCCNC(=O)OCc1cccc(-c2ccc(CC3SC(=O)NC3=O)cc2)c1. The topological polar surface area (TPSA) is 84.5 Å². The van der Waals surface area contributed by atoms with E-state index >= 15 is 0 Å². The molecule has 3 rings (SSSR count). The number of hydrogen-bond donors (Lipinski definition) is 2. The zero-order valence-corrected chi connectivity index (χ0v) is 16.4. The van der Waals surface area contributed by atoms with Crippen molar-refractivity contribution in [3.63, 3.8) is 0 Å². The number of ether oxygens (including phenoxy) is 1. The van der Waals surface area contributed by atoms with Crippen LogP contribution in [-0.4, -0.2) is 29.0 Å². The number of alkyl carbamates (subject to hydrolysis) is 1. The quantitative estimate of drug-likeness (QED) is 0.739. The lowest BCUT2D eigenvalue weighted by Gasteiger charge is -2.09. The number of hydrogen-bond acceptors (Lipinski definition) is 5. The molecule has 28 heavy (non-hydrogen) atoms. The van der Waals surface area contributed by atoms with Crippen LogP contribution >= 0.6 is 11.8 Å². The van der Waals surface area contributed by atoms with Gasteiger partial charge in [-0.05, 0) is 41.2 Å². The Morgan fingerprint density at radius 1 is 1.11 bits per heavy atom. The van der Waals surface area contributed by atoms with Crippen molar-refractivity contribution in [2.45, 2.75) is 31.6 Å². The maximum atomic E-state index is 11.7. The van der Waals surface area contributed by atoms with Crippen LogP contribution in [0.3, 0.4) is 0 Å². The van der Waals surface area contributed by atoms with E-state index in [-0.39, 0.29) is 23.0 Å². The maximum absolute atomic E-state index is 11.7. The van der Waals surface area contributed by atoms with Gasteiger partial charge < -0.3 is 10.1 Å². The molecule has 1 aliphatic heterocycles. The molecule has 0 spiro atoms. The van der Waals surface area contributed by atoms with Gasteiger partial charge in [-0.1, -0.05) is 61.2 Å². The highest BCUT2D eigenvalue weighted by molar-refractivity contribution is 8.15. The summed E-state index contributed by atoms with van der Waals surface area (Å²) < 4.78 is 5.22. The molecule has 1 unspecified atom stereocenters. The van der Waals surface area contributed by atoms with Crippen LogP contribution in [-0.2, 0) is 22.6 Å². The molecule has 0 bridgehead atoms. The summed E-state index contributed by atoms with van der Waals surface area (Å²) in [5.74, 6) is -0.227. The molecular formula is C21H22N2O4S. The zero-order valence-electron chi connectivity index (χ0n) is 15.6. The van der Waals surface area contributed by atoms with E-state index in [4.69, 9.17) is 4.74 Å². The lowest BCUT2D eigenvalue weighted by atomic mass is 10.0. The van der Waals surface area contributed by atoms with E-state index in [1.807, 2.05) is 55.5 Å². The van der Waals surface area contributed by atoms with E-state index in [0.717, 1.165) is 40.4 Å². The average molecular weight is 398 g/mol. The van der Waals surface area contributed by atoms with Gasteiger partial charge in [-0.25, -0.2) is 4.79 Å². The van der Waals surface area contributed by atoms with E-state index < -0.39 is 6.09 Å². The molecule has 2 aromatic carbocycles. The van der Waals surface area contributed by atoms with Crippen LogP contribution < -0.4 is 10.6 Å². The summed E-state index contributed by atoms with van der Waals surface area (Å²) in [6.07, 6.45) is 0.966. The first-order chi connectivity index (χ1) is 13.5. The van der Waals surface area contributed by atoms with Crippen LogP contribution in [0.5, 0.6) is 0 Å². The van der Waals surface area contributed by atoms with E-state index in [1.165, 1.54) is 0 Å². The van der Waals surface area contributed by atoms with Gasteiger partial charge in [-0.2, -0.15) is 0 Å². The second-order valence-corrected chi connectivity index (χ2v) is 7.66. The third kappa shape index (κ3) is 5.36. The molecule has 2 N–H and O–H groups in total. The summed E-state index contributed by atoms with van der Waals surface area (Å²) in [5, 5.41) is 4.34. The van der Waals surface area contributed by atoms with Gasteiger partial charge >= 0.3 is 6.09 Å². The smallest absolute Gasteiger partial charge is 0.407 e. The predicted octanol–water partition coefficient (Wildman–Crippen LogP) is 3.88. The van der Waals surface area contributed by atoms with Gasteiger partial charge in [-0.3, -0.25) is 14.9 Å². The average Bonchev–Trinajstić information content (AvgIpc) is 3.02. The molecule has 1 heterocycles. The fraction of sp³-hybridized carbons (Fsp3) is 0.286. The molecule has 3 amide bonds. The number of imide groups is 1. The Morgan fingerprint density at radius 2 is 1.89 bits per heavy atom. The van der Waals surface area contributed by atoms with E-state index in [0.29, 0.717) is 13.0 Å². The number of carbonyl (C=O) groups excluding carboxylic acids is 3. The van der Waals surface area contributed by atoms with Gasteiger partial charge in [0.1, 0.15) is 6.61 Å². The summed E-state index contributed by atoms with van der Waals surface area (Å²) in [6.45, 7) is 2.79. The van der Waals surface area contributed by atoms with Gasteiger partial charge in [0, 0.05) is 6.54 Å². The normalized spacial score (nSPS) is 16.0. The molecule has 0 aliphatic carbocycles. The van der Waals surface area contributed by atoms with Crippen molar-refractivity contribution in [2.75, 3.05) is 6.54 Å². The molecule has 2 aromatic rings. The van der Waals surface area contributed by atoms with Crippen molar-refractivity contribution in [1.29, 1.82) is 0 Å². The third-order valence-corrected chi connectivity index (χ3v) is 5.27. The molecule has 146 valence electrons. The Balaban J connectivity index is 1.61. The molecule has 0 aromatic heterocycles. The lowest BCUT2D eigenvalue weighted by molar-refractivity contribution is -0.118. The number of carbonyl (C=O) groups is 3. The molecule has 7 heteroatoms. The molecule has 1 saturated heterocycles. The first kappa shape index (κ1) is 19.9. The van der Waals surface area contributed by atoms with Crippen molar-refractivity contribution >= 4 is 29.0 Å². The third-order valence-electron chi connectivity index (χ3n) is 4.29. The van der Waals surface area contributed by atoms with E-state index in [1.54, 1.807) is 0 Å². The van der Waals surface area contributed by atoms with E-state index in [9.17, 15) is 14.4 Å². The van der Waals surface area contributed by atoms with E-state index in [2.05, 4.69) is 10.6 Å². The first-order valence-corrected chi connectivity index (χ1v) is 10.0. The summed E-state index contributed by atoms with van der Waals surface area (Å²) >= 11 is 1.04. The molecular weight excluding hydrogens is 376 g/mol. The summed E-state index contributed by atoms with van der Waals surface area (Å²) in [4.78, 5) is 34.5. The molecule has 1 fully saturated rings. The van der Waals surface area contributed by atoms with Gasteiger partial charge in [-0.15, -0.1) is 0 Å². The standard InChI is InChI=1S/C21H22N2O4S/c1-2-10-22-20(25)27-13-15-4-3-5-17(11-15)16-8-6-14(7-9-16)12-18-19(24)23-21(26)28-18/h3-9,11,18H,2,10,12-13H2,1H3,(H,22,25)(H,23,24,26). The summed E-state index contributed by atoms with van der Waals surface area (Å²) in [6, 6.07) is 15.7. The molecule has 0 radical (unpaired) electrons. The van der Waals surface area contributed by atoms with Crippen LogP contribution in [0, 0.1) is 0 Å². The minimum absolute atomic E-state index is 0.212. The Kier molecular flexibility index (Phi) is 6.71. The van der Waals surface area contributed by atoms with Crippen molar-refractivity contribution in [3.05, 3.63) is 59.7 Å². The van der Waals surface area contributed by atoms with Gasteiger partial charge in [0.25, 0.3) is 5.24 Å². The van der Waals surface area contributed by atoms with Crippen molar-refractivity contribution in [3.8, 4) is 11.1 Å². The van der Waals surface area contributed by atoms with Crippen molar-refractivity contribution in [2.24, 2.45) is 0 Å². The Hall–Kier alpha value is -2.80. The van der Waals surface area contributed by atoms with Gasteiger partial charge in [0.15, 0.2) is 0 Å². The summed E-state index contributed by atoms with van der Waals surface area (Å²) in [7, 11) is 0. The van der Waals surface area contributed by atoms with Crippen molar-refractivity contribution in [1.82, 2.24) is 10.6 Å². The Bertz CT molecular complexity index is 867. The second kappa shape index (κ2) is 9.41. The van der Waals surface area contributed by atoms with Crippen LogP contribution in [0.1, 0.15) is 24.5 Å². The number of nitrogens with one attached hydrogen (secondary N) is 2. The van der Waals surface area contributed by atoms with Crippen LogP contribution in [0.25, 0.3) is 11.1 Å². The highest BCUT2D eigenvalue weighted by Gasteiger charge is 2.31. The van der Waals surface area contributed by atoms with Crippen LogP contribution in [0.15, 0.2) is 48.5 Å². The molecule has 1 aliphatic rings. The number of rotatable bonds is 7. The number of thioether (sulfide) groups is 1. The lowest BCUT2D eigenvalue weighted by Crippen LogP contribution is -2.25.